The molecule has 178 valence electrons. The second-order valence-corrected chi connectivity index (χ2v) is 8.47. The SMILES string of the molecule is CC(C)(C)OC(=O)N1CC=C(c2nccc(-c3cc(C(F)(F)F)cc(C(F)(F)F)c3)n2)CC1. The number of rotatable bonds is 2. The Morgan fingerprint density at radius 3 is 2.09 bits per heavy atom. The molecule has 0 bridgehead atoms. The number of nitrogens with zero attached hydrogens (tertiary/aromatic N) is 3. The van der Waals surface area contributed by atoms with Crippen LogP contribution in [0.15, 0.2) is 36.5 Å². The first-order valence-corrected chi connectivity index (χ1v) is 9.94. The molecule has 0 aliphatic carbocycles. The molecule has 2 heterocycles. The summed E-state index contributed by atoms with van der Waals surface area (Å²) in [4.78, 5) is 21.9. The predicted molar refractivity (Wildman–Crippen MR) is 108 cm³/mol. The van der Waals surface area contributed by atoms with Gasteiger partial charge in [-0.15, -0.1) is 0 Å². The van der Waals surface area contributed by atoms with Crippen molar-refractivity contribution in [3.05, 3.63) is 53.5 Å². The zero-order valence-electron chi connectivity index (χ0n) is 18.0. The molecule has 0 fully saturated rings. The smallest absolute Gasteiger partial charge is 0.416 e. The van der Waals surface area contributed by atoms with Gasteiger partial charge < -0.3 is 9.64 Å². The maximum Gasteiger partial charge on any atom is 0.416 e. The van der Waals surface area contributed by atoms with Gasteiger partial charge in [0.1, 0.15) is 5.60 Å². The lowest BCUT2D eigenvalue weighted by atomic mass is 10.0. The van der Waals surface area contributed by atoms with E-state index in [1.807, 2.05) is 0 Å². The Labute approximate surface area is 186 Å². The Balaban J connectivity index is 1.90. The quantitative estimate of drug-likeness (QED) is 0.487. The van der Waals surface area contributed by atoms with E-state index in [0.29, 0.717) is 30.7 Å². The number of carbonyl (C=O) groups is 1. The van der Waals surface area contributed by atoms with Gasteiger partial charge in [-0.25, -0.2) is 14.8 Å². The van der Waals surface area contributed by atoms with Crippen LogP contribution in [0.2, 0.25) is 0 Å². The van der Waals surface area contributed by atoms with Crippen LogP contribution in [-0.4, -0.2) is 39.7 Å². The molecule has 33 heavy (non-hydrogen) atoms. The molecule has 11 heteroatoms. The molecule has 0 unspecified atom stereocenters. The lowest BCUT2D eigenvalue weighted by molar-refractivity contribution is -0.143. The van der Waals surface area contributed by atoms with Gasteiger partial charge in [-0.3, -0.25) is 0 Å². The second kappa shape index (κ2) is 8.68. The number of ether oxygens (including phenoxy) is 1. The van der Waals surface area contributed by atoms with Crippen molar-refractivity contribution in [1.82, 2.24) is 14.9 Å². The molecule has 0 saturated heterocycles. The van der Waals surface area contributed by atoms with E-state index < -0.39 is 35.2 Å². The molecule has 1 amide bonds. The molecule has 1 aliphatic rings. The van der Waals surface area contributed by atoms with Gasteiger partial charge in [0.05, 0.1) is 16.8 Å². The van der Waals surface area contributed by atoms with Gasteiger partial charge in [-0.1, -0.05) is 6.08 Å². The number of hydrogen-bond acceptors (Lipinski definition) is 4. The van der Waals surface area contributed by atoms with Crippen LogP contribution < -0.4 is 0 Å². The van der Waals surface area contributed by atoms with E-state index >= 15 is 0 Å². The monoisotopic (exact) mass is 473 g/mol. The summed E-state index contributed by atoms with van der Waals surface area (Å²) in [5.41, 5.74) is -3.27. The maximum atomic E-state index is 13.2. The van der Waals surface area contributed by atoms with Crippen LogP contribution in [0.3, 0.4) is 0 Å². The minimum atomic E-state index is -4.96. The van der Waals surface area contributed by atoms with E-state index in [2.05, 4.69) is 9.97 Å². The number of hydrogen-bond donors (Lipinski definition) is 0. The molecule has 1 aromatic heterocycles. The van der Waals surface area contributed by atoms with Crippen molar-refractivity contribution in [3.8, 4) is 11.3 Å². The summed E-state index contributed by atoms with van der Waals surface area (Å²) in [7, 11) is 0. The summed E-state index contributed by atoms with van der Waals surface area (Å²) >= 11 is 0. The number of halogens is 6. The number of aromatic nitrogens is 2. The molecule has 0 N–H and O–H groups in total. The molecule has 1 aromatic carbocycles. The molecule has 0 atom stereocenters. The van der Waals surface area contributed by atoms with Crippen LogP contribution in [0.4, 0.5) is 31.1 Å². The second-order valence-electron chi connectivity index (χ2n) is 8.47. The average molecular weight is 473 g/mol. The predicted octanol–water partition coefficient (Wildman–Crippen LogP) is 6.21. The molecule has 2 aromatic rings. The minimum absolute atomic E-state index is 0.0700. The van der Waals surface area contributed by atoms with Gasteiger partial charge in [0.2, 0.25) is 0 Å². The van der Waals surface area contributed by atoms with E-state index in [0.717, 1.165) is 0 Å². The highest BCUT2D eigenvalue weighted by atomic mass is 19.4. The third-order valence-electron chi connectivity index (χ3n) is 4.69. The van der Waals surface area contributed by atoms with Crippen molar-refractivity contribution in [2.24, 2.45) is 0 Å². The summed E-state index contributed by atoms with van der Waals surface area (Å²) in [5.74, 6) is 0.169. The van der Waals surface area contributed by atoms with Crippen LogP contribution in [0.25, 0.3) is 16.8 Å². The van der Waals surface area contributed by atoms with Crippen LogP contribution >= 0.6 is 0 Å². The third-order valence-corrected chi connectivity index (χ3v) is 4.69. The van der Waals surface area contributed by atoms with Crippen molar-refractivity contribution in [1.29, 1.82) is 0 Å². The van der Waals surface area contributed by atoms with Crippen molar-refractivity contribution < 1.29 is 35.9 Å². The fraction of sp³-hybridized carbons (Fsp3) is 0.409. The van der Waals surface area contributed by atoms with Gasteiger partial charge in [0, 0.05) is 24.8 Å². The maximum absolute atomic E-state index is 13.2. The Kier molecular flexibility index (Phi) is 6.45. The highest BCUT2D eigenvalue weighted by Gasteiger charge is 2.37. The lowest BCUT2D eigenvalue weighted by Crippen LogP contribution is -2.39. The summed E-state index contributed by atoms with van der Waals surface area (Å²) in [5, 5.41) is 0. The standard InChI is InChI=1S/C22H21F6N3O2/c1-20(2,3)33-19(32)31-8-5-13(6-9-31)18-29-7-4-17(30-18)14-10-15(21(23,24)25)12-16(11-14)22(26,27)28/h4-5,7,10-12H,6,8-9H2,1-3H3. The number of carbonyl (C=O) groups excluding carboxylic acids is 1. The highest BCUT2D eigenvalue weighted by Crippen LogP contribution is 2.38. The fourth-order valence-electron chi connectivity index (χ4n) is 3.14. The van der Waals surface area contributed by atoms with E-state index in [1.54, 1.807) is 26.8 Å². The molecule has 0 saturated carbocycles. The van der Waals surface area contributed by atoms with Gasteiger partial charge in [-0.2, -0.15) is 26.3 Å². The third kappa shape index (κ3) is 6.23. The zero-order valence-corrected chi connectivity index (χ0v) is 18.0. The zero-order chi connectivity index (χ0) is 24.6. The normalized spacial score (nSPS) is 15.3. The van der Waals surface area contributed by atoms with Gasteiger partial charge in [-0.05, 0) is 57.0 Å². The molecule has 5 nitrogen and oxygen atoms in total. The average Bonchev–Trinajstić information content (AvgIpc) is 2.71. The fourth-order valence-corrected chi connectivity index (χ4v) is 3.14. The number of benzene rings is 1. The van der Waals surface area contributed by atoms with E-state index in [4.69, 9.17) is 4.74 Å². The molecular weight excluding hydrogens is 452 g/mol. The summed E-state index contributed by atoms with van der Waals surface area (Å²) < 4.78 is 84.4. The Morgan fingerprint density at radius 1 is 1.00 bits per heavy atom. The topological polar surface area (TPSA) is 55.3 Å². The lowest BCUT2D eigenvalue weighted by Gasteiger charge is -2.29. The van der Waals surface area contributed by atoms with Gasteiger partial charge >= 0.3 is 18.4 Å². The van der Waals surface area contributed by atoms with E-state index in [-0.39, 0.29) is 29.7 Å². The van der Waals surface area contributed by atoms with Crippen molar-refractivity contribution in [3.63, 3.8) is 0 Å². The van der Waals surface area contributed by atoms with Crippen molar-refractivity contribution in [2.45, 2.75) is 45.1 Å². The van der Waals surface area contributed by atoms with E-state index in [9.17, 15) is 31.1 Å². The Hall–Kier alpha value is -3.11. The molecule has 3 rings (SSSR count). The number of amides is 1. The summed E-state index contributed by atoms with van der Waals surface area (Å²) in [6.45, 7) is 5.74. The molecule has 0 radical (unpaired) electrons. The Morgan fingerprint density at radius 2 is 1.61 bits per heavy atom. The van der Waals surface area contributed by atoms with Gasteiger partial charge in [0.25, 0.3) is 0 Å². The first kappa shape index (κ1) is 24.5. The summed E-state index contributed by atoms with van der Waals surface area (Å²) in [6.07, 6.45) is -7.10. The van der Waals surface area contributed by atoms with Crippen LogP contribution in [0, 0.1) is 0 Å². The van der Waals surface area contributed by atoms with Crippen LogP contribution in [-0.2, 0) is 17.1 Å². The molecular formula is C22H21F6N3O2. The highest BCUT2D eigenvalue weighted by molar-refractivity contribution is 5.72. The summed E-state index contributed by atoms with van der Waals surface area (Å²) in [6, 6.07) is 2.57. The Bertz CT molecular complexity index is 1040. The van der Waals surface area contributed by atoms with Crippen molar-refractivity contribution >= 4 is 11.7 Å². The first-order chi connectivity index (χ1) is 15.1. The van der Waals surface area contributed by atoms with Gasteiger partial charge in [0.15, 0.2) is 5.82 Å². The van der Waals surface area contributed by atoms with E-state index in [1.165, 1.54) is 17.2 Å². The van der Waals surface area contributed by atoms with Crippen LogP contribution in [0.1, 0.15) is 44.1 Å². The molecule has 0 spiro atoms. The largest absolute Gasteiger partial charge is 0.444 e. The molecule has 1 aliphatic heterocycles. The first-order valence-electron chi connectivity index (χ1n) is 9.94. The minimum Gasteiger partial charge on any atom is -0.444 e. The van der Waals surface area contributed by atoms with Crippen molar-refractivity contribution in [2.75, 3.05) is 13.1 Å². The van der Waals surface area contributed by atoms with Crippen LogP contribution in [0.5, 0.6) is 0 Å². The number of alkyl halides is 6.